The molecule has 0 bridgehead atoms. The highest BCUT2D eigenvalue weighted by Crippen LogP contribution is 2.23. The van der Waals surface area contributed by atoms with Gasteiger partial charge in [0.1, 0.15) is 5.60 Å². The summed E-state index contributed by atoms with van der Waals surface area (Å²) < 4.78 is 11.1. The van der Waals surface area contributed by atoms with Gasteiger partial charge in [-0.1, -0.05) is 0 Å². The van der Waals surface area contributed by atoms with Crippen LogP contribution in [0.1, 0.15) is 52.1 Å². The van der Waals surface area contributed by atoms with Gasteiger partial charge in [-0.25, -0.2) is 4.79 Å². The molecule has 0 saturated carbocycles. The Hall–Kier alpha value is -1.85. The summed E-state index contributed by atoms with van der Waals surface area (Å²) in [6, 6.07) is 3.73. The van der Waals surface area contributed by atoms with Gasteiger partial charge in [0.15, 0.2) is 0 Å². The summed E-state index contributed by atoms with van der Waals surface area (Å²) in [6.07, 6.45) is 3.98. The van der Waals surface area contributed by atoms with Crippen LogP contribution in [0, 0.1) is 12.8 Å². The number of carbonyl (C=O) groups is 1. The fraction of sp³-hybridized carbons (Fsp3) is 0.722. The lowest BCUT2D eigenvalue weighted by atomic mass is 9.94. The minimum atomic E-state index is -0.438. The second kappa shape index (κ2) is 8.31. The SMILES string of the molecule is Cc1ccc(OCCC[C@@H]2CCCN(C(=O)OC(C)(C)C)C2)nn1. The van der Waals surface area contributed by atoms with Crippen molar-refractivity contribution in [2.75, 3.05) is 19.7 Å². The van der Waals surface area contributed by atoms with E-state index >= 15 is 0 Å². The lowest BCUT2D eigenvalue weighted by Crippen LogP contribution is -2.42. The molecule has 24 heavy (non-hydrogen) atoms. The Labute approximate surface area is 144 Å². The summed E-state index contributed by atoms with van der Waals surface area (Å²) in [7, 11) is 0. The first-order valence-electron chi connectivity index (χ1n) is 8.74. The number of hydrogen-bond acceptors (Lipinski definition) is 5. The maximum Gasteiger partial charge on any atom is 0.410 e. The van der Waals surface area contributed by atoms with Gasteiger partial charge in [0.05, 0.1) is 12.3 Å². The largest absolute Gasteiger partial charge is 0.477 e. The number of aryl methyl sites for hydroxylation is 1. The van der Waals surface area contributed by atoms with E-state index in [4.69, 9.17) is 9.47 Å². The van der Waals surface area contributed by atoms with Crippen molar-refractivity contribution in [1.82, 2.24) is 15.1 Å². The monoisotopic (exact) mass is 335 g/mol. The highest BCUT2D eigenvalue weighted by Gasteiger charge is 2.27. The summed E-state index contributed by atoms with van der Waals surface area (Å²) >= 11 is 0. The Bertz CT molecular complexity index is 525. The van der Waals surface area contributed by atoms with Gasteiger partial charge in [0, 0.05) is 19.2 Å². The van der Waals surface area contributed by atoms with Crippen molar-refractivity contribution < 1.29 is 14.3 Å². The lowest BCUT2D eigenvalue weighted by molar-refractivity contribution is 0.0159. The quantitative estimate of drug-likeness (QED) is 0.769. The van der Waals surface area contributed by atoms with Crippen molar-refractivity contribution in [1.29, 1.82) is 0 Å². The summed E-state index contributed by atoms with van der Waals surface area (Å²) in [5.41, 5.74) is 0.444. The van der Waals surface area contributed by atoms with Crippen molar-refractivity contribution in [2.45, 2.75) is 59.0 Å². The van der Waals surface area contributed by atoms with E-state index in [9.17, 15) is 4.79 Å². The molecule has 1 aromatic rings. The molecule has 2 rings (SSSR count). The zero-order chi connectivity index (χ0) is 17.6. The molecule has 1 aliphatic rings. The van der Waals surface area contributed by atoms with Crippen LogP contribution in [0.15, 0.2) is 12.1 Å². The number of aromatic nitrogens is 2. The molecule has 0 aromatic carbocycles. The van der Waals surface area contributed by atoms with Gasteiger partial charge in [-0.15, -0.1) is 5.10 Å². The fourth-order valence-electron chi connectivity index (χ4n) is 2.81. The summed E-state index contributed by atoms with van der Waals surface area (Å²) in [5, 5.41) is 7.96. The summed E-state index contributed by atoms with van der Waals surface area (Å²) in [6.45, 7) is 9.80. The first kappa shape index (κ1) is 18.5. The first-order chi connectivity index (χ1) is 11.3. The molecule has 0 aliphatic carbocycles. The van der Waals surface area contributed by atoms with E-state index in [-0.39, 0.29) is 6.09 Å². The van der Waals surface area contributed by atoms with Crippen molar-refractivity contribution in [2.24, 2.45) is 5.92 Å². The number of ether oxygens (including phenoxy) is 2. The van der Waals surface area contributed by atoms with Gasteiger partial charge in [-0.3, -0.25) is 0 Å². The van der Waals surface area contributed by atoms with E-state index in [1.54, 1.807) is 0 Å². The van der Waals surface area contributed by atoms with E-state index < -0.39 is 5.60 Å². The molecule has 1 amide bonds. The first-order valence-corrected chi connectivity index (χ1v) is 8.74. The second-order valence-corrected chi connectivity index (χ2v) is 7.44. The highest BCUT2D eigenvalue weighted by molar-refractivity contribution is 5.68. The van der Waals surface area contributed by atoms with Crippen molar-refractivity contribution in [3.05, 3.63) is 17.8 Å². The van der Waals surface area contributed by atoms with Gasteiger partial charge in [0.25, 0.3) is 0 Å². The van der Waals surface area contributed by atoms with Crippen molar-refractivity contribution in [3.8, 4) is 5.88 Å². The predicted octanol–water partition coefficient (Wildman–Crippen LogP) is 3.59. The Kier molecular flexibility index (Phi) is 6.40. The molecule has 6 heteroatoms. The van der Waals surface area contributed by atoms with E-state index in [2.05, 4.69) is 10.2 Å². The minimum absolute atomic E-state index is 0.196. The van der Waals surface area contributed by atoms with E-state index in [1.165, 1.54) is 0 Å². The van der Waals surface area contributed by atoms with Crippen LogP contribution in [0.4, 0.5) is 4.79 Å². The van der Waals surface area contributed by atoms with Crippen LogP contribution in [0.3, 0.4) is 0 Å². The van der Waals surface area contributed by atoms with E-state index in [1.807, 2.05) is 44.7 Å². The third-order valence-electron chi connectivity index (χ3n) is 3.95. The third-order valence-corrected chi connectivity index (χ3v) is 3.95. The maximum atomic E-state index is 12.2. The van der Waals surface area contributed by atoms with Crippen molar-refractivity contribution in [3.63, 3.8) is 0 Å². The van der Waals surface area contributed by atoms with Crippen LogP contribution in [0.25, 0.3) is 0 Å². The molecule has 0 spiro atoms. The molecule has 1 saturated heterocycles. The van der Waals surface area contributed by atoms with Crippen LogP contribution in [-0.2, 0) is 4.74 Å². The number of likely N-dealkylation sites (tertiary alicyclic amines) is 1. The van der Waals surface area contributed by atoms with Crippen LogP contribution >= 0.6 is 0 Å². The lowest BCUT2D eigenvalue weighted by Gasteiger charge is -2.34. The van der Waals surface area contributed by atoms with Crippen LogP contribution < -0.4 is 4.74 Å². The molecule has 6 nitrogen and oxygen atoms in total. The van der Waals surface area contributed by atoms with Crippen LogP contribution in [0.2, 0.25) is 0 Å². The molecule has 1 atom stereocenters. The van der Waals surface area contributed by atoms with Gasteiger partial charge >= 0.3 is 6.09 Å². The van der Waals surface area contributed by atoms with Gasteiger partial charge in [-0.05, 0) is 65.4 Å². The molecular formula is C18H29N3O3. The molecular weight excluding hydrogens is 306 g/mol. The number of carbonyl (C=O) groups excluding carboxylic acids is 1. The molecule has 0 unspecified atom stereocenters. The highest BCUT2D eigenvalue weighted by atomic mass is 16.6. The minimum Gasteiger partial charge on any atom is -0.477 e. The second-order valence-electron chi connectivity index (χ2n) is 7.44. The predicted molar refractivity (Wildman–Crippen MR) is 92.0 cm³/mol. The molecule has 1 aromatic heterocycles. The molecule has 0 N–H and O–H groups in total. The zero-order valence-electron chi connectivity index (χ0n) is 15.2. The third kappa shape index (κ3) is 6.34. The molecule has 2 heterocycles. The van der Waals surface area contributed by atoms with Crippen molar-refractivity contribution >= 4 is 6.09 Å². The fourth-order valence-corrected chi connectivity index (χ4v) is 2.81. The maximum absolute atomic E-state index is 12.2. The smallest absolute Gasteiger partial charge is 0.410 e. The normalized spacial score (nSPS) is 18.3. The summed E-state index contributed by atoms with van der Waals surface area (Å²) in [5.74, 6) is 1.08. The molecule has 1 fully saturated rings. The van der Waals surface area contributed by atoms with Gasteiger partial charge < -0.3 is 14.4 Å². The number of nitrogens with zero attached hydrogens (tertiary/aromatic N) is 3. The topological polar surface area (TPSA) is 64.5 Å². The van der Waals surface area contributed by atoms with Crippen LogP contribution in [0.5, 0.6) is 5.88 Å². The Morgan fingerprint density at radius 1 is 1.33 bits per heavy atom. The standard InChI is InChI=1S/C18H29N3O3/c1-14-9-10-16(20-19-14)23-12-6-8-15-7-5-11-21(13-15)17(22)24-18(2,3)4/h9-10,15H,5-8,11-13H2,1-4H3/t15-/m0/s1. The number of hydrogen-bond donors (Lipinski definition) is 0. The number of amides is 1. The van der Waals surface area contributed by atoms with E-state index in [0.29, 0.717) is 18.4 Å². The summed E-state index contributed by atoms with van der Waals surface area (Å²) in [4.78, 5) is 14.0. The number of piperidine rings is 1. The van der Waals surface area contributed by atoms with Crippen LogP contribution in [-0.4, -0.2) is 46.5 Å². The Morgan fingerprint density at radius 3 is 2.79 bits per heavy atom. The Morgan fingerprint density at radius 2 is 2.12 bits per heavy atom. The number of rotatable bonds is 5. The molecule has 0 radical (unpaired) electrons. The zero-order valence-corrected chi connectivity index (χ0v) is 15.2. The average Bonchev–Trinajstić information content (AvgIpc) is 2.52. The van der Waals surface area contributed by atoms with Gasteiger partial charge in [0.2, 0.25) is 5.88 Å². The van der Waals surface area contributed by atoms with Gasteiger partial charge in [-0.2, -0.15) is 5.10 Å². The molecule has 1 aliphatic heterocycles. The Balaban J connectivity index is 1.69. The molecule has 134 valence electrons. The van der Waals surface area contributed by atoms with E-state index in [0.717, 1.165) is 44.5 Å². The average molecular weight is 335 g/mol.